The van der Waals surface area contributed by atoms with E-state index < -0.39 is 0 Å². The first-order chi connectivity index (χ1) is 14.1. The number of likely N-dealkylation sites (tertiary alicyclic amines) is 1. The number of pyridine rings is 1. The number of piperidine rings is 1. The van der Waals surface area contributed by atoms with Crippen LogP contribution in [0.25, 0.3) is 0 Å². The number of fused-ring (bicyclic) bond motifs is 1. The van der Waals surface area contributed by atoms with Crippen molar-refractivity contribution in [2.24, 2.45) is 5.10 Å². The molecule has 2 aromatic rings. The molecule has 1 fully saturated rings. The predicted molar refractivity (Wildman–Crippen MR) is 109 cm³/mol. The van der Waals surface area contributed by atoms with Crippen LogP contribution in [-0.4, -0.2) is 40.0 Å². The number of nitrogens with zero attached hydrogens (tertiary/aromatic N) is 3. The van der Waals surface area contributed by atoms with E-state index in [1.807, 2.05) is 11.8 Å². The van der Waals surface area contributed by atoms with E-state index in [0.29, 0.717) is 11.3 Å². The summed E-state index contributed by atoms with van der Waals surface area (Å²) in [6.45, 7) is 4.77. The number of amides is 2. The highest BCUT2D eigenvalue weighted by Gasteiger charge is 2.32. The van der Waals surface area contributed by atoms with E-state index in [-0.39, 0.29) is 17.9 Å². The molecule has 3 heterocycles. The summed E-state index contributed by atoms with van der Waals surface area (Å²) in [5.74, 6) is 0.855. The normalized spacial score (nSPS) is 20.4. The second-order valence-corrected chi connectivity index (χ2v) is 7.79. The minimum atomic E-state index is -0.308. The van der Waals surface area contributed by atoms with Crippen LogP contribution in [0.2, 0.25) is 0 Å². The lowest BCUT2D eigenvalue weighted by Crippen LogP contribution is -2.42. The number of aromatic nitrogens is 1. The molecule has 1 N–H and O–H groups in total. The van der Waals surface area contributed by atoms with E-state index in [4.69, 9.17) is 4.42 Å². The van der Waals surface area contributed by atoms with Crippen LogP contribution in [-0.2, 0) is 6.42 Å². The van der Waals surface area contributed by atoms with E-state index >= 15 is 0 Å². The van der Waals surface area contributed by atoms with Gasteiger partial charge in [0.05, 0.1) is 11.3 Å². The minimum Gasteiger partial charge on any atom is -0.455 e. The zero-order valence-corrected chi connectivity index (χ0v) is 16.9. The van der Waals surface area contributed by atoms with Gasteiger partial charge in [0, 0.05) is 42.5 Å². The summed E-state index contributed by atoms with van der Waals surface area (Å²) in [6, 6.07) is 3.62. The van der Waals surface area contributed by atoms with E-state index in [9.17, 15) is 9.59 Å². The number of furan rings is 1. The molecule has 7 heteroatoms. The second-order valence-electron chi connectivity index (χ2n) is 7.79. The maximum atomic E-state index is 13.1. The predicted octanol–water partition coefficient (Wildman–Crippen LogP) is 3.47. The Hall–Kier alpha value is -2.96. The van der Waals surface area contributed by atoms with Gasteiger partial charge in [-0.25, -0.2) is 5.43 Å². The fraction of sp³-hybridized carbons (Fsp3) is 0.455. The van der Waals surface area contributed by atoms with Gasteiger partial charge in [0.1, 0.15) is 5.76 Å². The van der Waals surface area contributed by atoms with Gasteiger partial charge in [0.2, 0.25) is 0 Å². The Kier molecular flexibility index (Phi) is 5.47. The Bertz CT molecular complexity index is 948. The molecule has 7 nitrogen and oxygen atoms in total. The molecule has 2 aliphatic rings. The molecule has 0 radical (unpaired) electrons. The van der Waals surface area contributed by atoms with Gasteiger partial charge < -0.3 is 9.32 Å². The van der Waals surface area contributed by atoms with E-state index in [2.05, 4.69) is 22.4 Å². The highest BCUT2D eigenvalue weighted by Crippen LogP contribution is 2.31. The lowest BCUT2D eigenvalue weighted by Gasteiger charge is -2.32. The summed E-state index contributed by atoms with van der Waals surface area (Å²) in [6.07, 6.45) is 8.71. The smallest absolute Gasteiger partial charge is 0.290 e. The van der Waals surface area contributed by atoms with Crippen molar-refractivity contribution in [1.82, 2.24) is 15.3 Å². The largest absolute Gasteiger partial charge is 0.455 e. The molecule has 1 saturated heterocycles. The van der Waals surface area contributed by atoms with Gasteiger partial charge in [0.25, 0.3) is 11.8 Å². The van der Waals surface area contributed by atoms with Crippen LogP contribution in [0.5, 0.6) is 0 Å². The van der Waals surface area contributed by atoms with Gasteiger partial charge in [-0.2, -0.15) is 5.10 Å². The van der Waals surface area contributed by atoms with Crippen molar-refractivity contribution in [3.8, 4) is 0 Å². The topological polar surface area (TPSA) is 87.8 Å². The van der Waals surface area contributed by atoms with Gasteiger partial charge in [-0.3, -0.25) is 14.6 Å². The zero-order chi connectivity index (χ0) is 20.4. The van der Waals surface area contributed by atoms with Crippen molar-refractivity contribution in [3.63, 3.8) is 0 Å². The summed E-state index contributed by atoms with van der Waals surface area (Å²) in [5.41, 5.74) is 5.52. The SMILES string of the molecule is Cc1c(C(=O)N2CCCCC2C)oc2c1/C(=N/NC(=O)c1cccnc1)CCC2. The third kappa shape index (κ3) is 3.81. The Morgan fingerprint density at radius 2 is 2.14 bits per heavy atom. The van der Waals surface area contributed by atoms with Crippen molar-refractivity contribution in [2.75, 3.05) is 6.54 Å². The van der Waals surface area contributed by atoms with Gasteiger partial charge in [0.15, 0.2) is 5.76 Å². The Labute approximate surface area is 170 Å². The van der Waals surface area contributed by atoms with Crippen molar-refractivity contribution in [1.29, 1.82) is 0 Å². The van der Waals surface area contributed by atoms with Crippen LogP contribution >= 0.6 is 0 Å². The average molecular weight is 394 g/mol. The first-order valence-electron chi connectivity index (χ1n) is 10.3. The number of hydrazone groups is 1. The van der Waals surface area contributed by atoms with Crippen LogP contribution < -0.4 is 5.43 Å². The molecule has 152 valence electrons. The number of hydrogen-bond acceptors (Lipinski definition) is 5. The van der Waals surface area contributed by atoms with Crippen LogP contribution in [0.15, 0.2) is 34.0 Å². The minimum absolute atomic E-state index is 0.0390. The first-order valence-corrected chi connectivity index (χ1v) is 10.3. The van der Waals surface area contributed by atoms with Crippen molar-refractivity contribution in [2.45, 2.75) is 58.4 Å². The van der Waals surface area contributed by atoms with Gasteiger partial charge >= 0.3 is 0 Å². The lowest BCUT2D eigenvalue weighted by molar-refractivity contribution is 0.0600. The van der Waals surface area contributed by atoms with Gasteiger partial charge in [-0.1, -0.05) is 0 Å². The molecule has 0 saturated carbocycles. The fourth-order valence-electron chi connectivity index (χ4n) is 4.19. The molecule has 0 aromatic carbocycles. The Balaban J connectivity index is 1.59. The average Bonchev–Trinajstić information content (AvgIpc) is 3.09. The fourth-order valence-corrected chi connectivity index (χ4v) is 4.19. The lowest BCUT2D eigenvalue weighted by atomic mass is 9.93. The highest BCUT2D eigenvalue weighted by molar-refractivity contribution is 6.07. The molecular formula is C22H26N4O3. The molecule has 0 spiro atoms. The van der Waals surface area contributed by atoms with Crippen LogP contribution in [0, 0.1) is 6.92 Å². The summed E-state index contributed by atoms with van der Waals surface area (Å²) in [4.78, 5) is 31.3. The highest BCUT2D eigenvalue weighted by atomic mass is 16.4. The number of carbonyl (C=O) groups excluding carboxylic acids is 2. The van der Waals surface area contributed by atoms with Crippen molar-refractivity contribution in [3.05, 3.63) is 52.7 Å². The Morgan fingerprint density at radius 1 is 1.28 bits per heavy atom. The summed E-state index contributed by atoms with van der Waals surface area (Å²) < 4.78 is 6.03. The van der Waals surface area contributed by atoms with Crippen LogP contribution in [0.4, 0.5) is 0 Å². The number of aryl methyl sites for hydroxylation is 1. The maximum Gasteiger partial charge on any atom is 0.290 e. The molecule has 1 aliphatic carbocycles. The Morgan fingerprint density at radius 3 is 2.90 bits per heavy atom. The molecule has 1 atom stereocenters. The second kappa shape index (κ2) is 8.19. The number of carbonyl (C=O) groups is 2. The van der Waals surface area contributed by atoms with E-state index in [0.717, 1.165) is 67.7 Å². The molecule has 2 aromatic heterocycles. The van der Waals surface area contributed by atoms with Crippen molar-refractivity contribution < 1.29 is 14.0 Å². The van der Waals surface area contributed by atoms with Gasteiger partial charge in [-0.15, -0.1) is 0 Å². The quantitative estimate of drug-likeness (QED) is 0.808. The summed E-state index contributed by atoms with van der Waals surface area (Å²) in [5, 5.41) is 4.37. The van der Waals surface area contributed by atoms with Crippen molar-refractivity contribution >= 4 is 17.5 Å². The summed E-state index contributed by atoms with van der Waals surface area (Å²) >= 11 is 0. The molecule has 4 rings (SSSR count). The number of nitrogens with one attached hydrogen (secondary N) is 1. The molecule has 1 unspecified atom stereocenters. The van der Waals surface area contributed by atoms with Gasteiger partial charge in [-0.05, 0) is 58.1 Å². The molecule has 2 amide bonds. The van der Waals surface area contributed by atoms with E-state index in [1.165, 1.54) is 6.20 Å². The summed E-state index contributed by atoms with van der Waals surface area (Å²) in [7, 11) is 0. The van der Waals surface area contributed by atoms with E-state index in [1.54, 1.807) is 18.3 Å². The first kappa shape index (κ1) is 19.4. The standard InChI is InChI=1S/C22H26N4O3/c1-14-7-3-4-12-26(14)22(28)20-15(2)19-17(9-5-10-18(19)29-20)24-25-21(27)16-8-6-11-23-13-16/h6,8,11,13-14H,3-5,7,9-10,12H2,1-2H3,(H,25,27)/b24-17+. The van der Waals surface area contributed by atoms with Crippen LogP contribution in [0.3, 0.4) is 0 Å². The number of hydrogen-bond donors (Lipinski definition) is 1. The maximum absolute atomic E-state index is 13.1. The molecule has 1 aliphatic heterocycles. The number of rotatable bonds is 3. The molecule has 29 heavy (non-hydrogen) atoms. The zero-order valence-electron chi connectivity index (χ0n) is 16.9. The third-order valence-electron chi connectivity index (χ3n) is 5.80. The molecular weight excluding hydrogens is 368 g/mol. The third-order valence-corrected chi connectivity index (χ3v) is 5.80. The van der Waals surface area contributed by atoms with Crippen LogP contribution in [0.1, 0.15) is 76.8 Å². The monoisotopic (exact) mass is 394 g/mol. The molecule has 0 bridgehead atoms.